The lowest BCUT2D eigenvalue weighted by Crippen LogP contribution is -2.59. The number of hydrogen-bond donors (Lipinski definition) is 4. The van der Waals surface area contributed by atoms with Crippen LogP contribution in [0.25, 0.3) is 6.08 Å². The van der Waals surface area contributed by atoms with Gasteiger partial charge < -0.3 is 30.7 Å². The maximum Gasteiger partial charge on any atom is 0.247 e. The number of amides is 3. The summed E-state index contributed by atoms with van der Waals surface area (Å²) >= 11 is 0. The van der Waals surface area contributed by atoms with Crippen molar-refractivity contribution in [3.05, 3.63) is 65.9 Å². The second-order valence-corrected chi connectivity index (χ2v) is 9.89. The van der Waals surface area contributed by atoms with E-state index in [9.17, 15) is 19.5 Å². The minimum absolute atomic E-state index is 0.0305. The number of carbonyl (C=O) groups excluding carboxylic acids is 3. The molecule has 2 heterocycles. The van der Waals surface area contributed by atoms with E-state index in [0.717, 1.165) is 5.56 Å². The van der Waals surface area contributed by atoms with E-state index < -0.39 is 30.1 Å². The van der Waals surface area contributed by atoms with Crippen molar-refractivity contribution in [1.29, 1.82) is 0 Å². The van der Waals surface area contributed by atoms with E-state index in [2.05, 4.69) is 16.0 Å². The van der Waals surface area contributed by atoms with Gasteiger partial charge in [-0.3, -0.25) is 14.4 Å². The summed E-state index contributed by atoms with van der Waals surface area (Å²) in [6, 6.07) is 12.2. The highest BCUT2D eigenvalue weighted by atomic mass is 16.5. The van der Waals surface area contributed by atoms with Crippen LogP contribution >= 0.6 is 0 Å². The van der Waals surface area contributed by atoms with Gasteiger partial charge in [-0.25, -0.2) is 0 Å². The van der Waals surface area contributed by atoms with Crippen molar-refractivity contribution < 1.29 is 24.2 Å². The van der Waals surface area contributed by atoms with Crippen LogP contribution in [0.1, 0.15) is 37.8 Å². The van der Waals surface area contributed by atoms with Gasteiger partial charge in [-0.05, 0) is 49.2 Å². The summed E-state index contributed by atoms with van der Waals surface area (Å²) < 4.78 is 6.25. The monoisotopic (exact) mass is 520 g/mol. The van der Waals surface area contributed by atoms with E-state index in [1.165, 1.54) is 12.3 Å². The molecule has 202 valence electrons. The summed E-state index contributed by atoms with van der Waals surface area (Å²) in [6.45, 7) is 4.17. The Hall–Kier alpha value is -3.85. The molecule has 1 saturated heterocycles. The van der Waals surface area contributed by atoms with Gasteiger partial charge in [0.15, 0.2) is 0 Å². The molecular formula is C29H36N4O5. The highest BCUT2D eigenvalue weighted by molar-refractivity contribution is 5.94. The van der Waals surface area contributed by atoms with Gasteiger partial charge >= 0.3 is 0 Å². The highest BCUT2D eigenvalue weighted by Gasteiger charge is 2.46. The lowest BCUT2D eigenvalue weighted by atomic mass is 9.97. The molecule has 2 aromatic carbocycles. The Kier molecular flexibility index (Phi) is 8.68. The Bertz CT molecular complexity index is 1180. The third-order valence-electron chi connectivity index (χ3n) is 7.39. The maximum atomic E-state index is 13.8. The van der Waals surface area contributed by atoms with Crippen molar-refractivity contribution in [3.8, 4) is 11.5 Å². The summed E-state index contributed by atoms with van der Waals surface area (Å²) in [5.74, 6) is -0.673. The van der Waals surface area contributed by atoms with Crippen LogP contribution in [-0.2, 0) is 20.8 Å². The molecule has 5 atom stereocenters. The number of likely N-dealkylation sites (N-methyl/N-ethyl adjacent to an activating group) is 1. The number of phenols is 1. The van der Waals surface area contributed by atoms with E-state index in [1.54, 1.807) is 30.2 Å². The largest absolute Gasteiger partial charge is 0.507 e. The zero-order valence-corrected chi connectivity index (χ0v) is 22.0. The van der Waals surface area contributed by atoms with E-state index >= 15 is 0 Å². The molecule has 0 spiro atoms. The van der Waals surface area contributed by atoms with E-state index in [4.69, 9.17) is 4.74 Å². The second-order valence-electron chi connectivity index (χ2n) is 9.89. The van der Waals surface area contributed by atoms with Gasteiger partial charge in [0.05, 0.1) is 6.04 Å². The van der Waals surface area contributed by atoms with Gasteiger partial charge in [0.2, 0.25) is 17.7 Å². The van der Waals surface area contributed by atoms with Crippen molar-refractivity contribution in [1.82, 2.24) is 20.9 Å². The quantitative estimate of drug-likeness (QED) is 0.464. The van der Waals surface area contributed by atoms with Crippen LogP contribution in [0.3, 0.4) is 0 Å². The van der Waals surface area contributed by atoms with Crippen molar-refractivity contribution in [2.24, 2.45) is 5.92 Å². The smallest absolute Gasteiger partial charge is 0.247 e. The summed E-state index contributed by atoms with van der Waals surface area (Å²) in [5, 5.41) is 19.0. The molecule has 0 unspecified atom stereocenters. The fourth-order valence-electron chi connectivity index (χ4n) is 4.97. The summed E-state index contributed by atoms with van der Waals surface area (Å²) in [6.07, 6.45) is 3.97. The number of ether oxygens (including phenoxy) is 1. The predicted octanol–water partition coefficient (Wildman–Crippen LogP) is 2.20. The minimum atomic E-state index is -0.931. The number of phenolic OH excluding ortho intramolecular Hbond substituents is 1. The van der Waals surface area contributed by atoms with Gasteiger partial charge in [0, 0.05) is 24.7 Å². The fraction of sp³-hybridized carbons (Fsp3) is 0.414. The molecule has 0 saturated carbocycles. The van der Waals surface area contributed by atoms with Crippen LogP contribution in [0.2, 0.25) is 0 Å². The molecule has 2 aliphatic rings. The third-order valence-corrected chi connectivity index (χ3v) is 7.39. The Morgan fingerprint density at radius 2 is 1.95 bits per heavy atom. The van der Waals surface area contributed by atoms with Crippen LogP contribution in [0, 0.1) is 5.92 Å². The summed E-state index contributed by atoms with van der Waals surface area (Å²) in [4.78, 5) is 42.2. The molecule has 0 aliphatic carbocycles. The molecule has 9 nitrogen and oxygen atoms in total. The van der Waals surface area contributed by atoms with Gasteiger partial charge in [0.1, 0.15) is 29.7 Å². The zero-order valence-electron chi connectivity index (χ0n) is 22.0. The lowest BCUT2D eigenvalue weighted by Gasteiger charge is -2.32. The molecule has 2 aliphatic heterocycles. The first kappa shape index (κ1) is 27.2. The molecular weight excluding hydrogens is 484 g/mol. The van der Waals surface area contributed by atoms with Crippen molar-refractivity contribution in [2.75, 3.05) is 13.6 Å². The number of hydrogen-bond acceptors (Lipinski definition) is 6. The Labute approximate surface area is 223 Å². The van der Waals surface area contributed by atoms with Crippen LogP contribution in [0.5, 0.6) is 11.5 Å². The number of carbonyl (C=O) groups is 3. The first-order chi connectivity index (χ1) is 18.3. The van der Waals surface area contributed by atoms with Gasteiger partial charge in [-0.15, -0.1) is 0 Å². The first-order valence-electron chi connectivity index (χ1n) is 13.1. The molecule has 1 fully saturated rings. The molecule has 0 radical (unpaired) electrons. The number of fused-ring (bicyclic) bond motifs is 3. The van der Waals surface area contributed by atoms with Crippen LogP contribution in [-0.4, -0.2) is 65.5 Å². The fourth-order valence-corrected chi connectivity index (χ4v) is 4.97. The van der Waals surface area contributed by atoms with Crippen molar-refractivity contribution in [3.63, 3.8) is 0 Å². The highest BCUT2D eigenvalue weighted by Crippen LogP contribution is 2.30. The predicted molar refractivity (Wildman–Crippen MR) is 144 cm³/mol. The molecule has 9 heteroatoms. The molecule has 0 aromatic heterocycles. The maximum absolute atomic E-state index is 13.8. The van der Waals surface area contributed by atoms with Gasteiger partial charge in [0.25, 0.3) is 0 Å². The summed E-state index contributed by atoms with van der Waals surface area (Å²) in [7, 11) is 1.73. The molecule has 3 amide bonds. The number of benzene rings is 2. The van der Waals surface area contributed by atoms with E-state index in [-0.39, 0.29) is 23.5 Å². The number of likely N-dealkylation sites (tertiary alicyclic amines) is 1. The van der Waals surface area contributed by atoms with Gasteiger partial charge in [-0.1, -0.05) is 50.6 Å². The SMILES string of the molecule is CC[C@H](C)[C@@H]1NC(=O)[C@@H]2[C@@H](CCN2C(=O)[C@H](Cc2ccccc2)NC)Oc2ccc(O)c(c2)C=CNC1=O. The number of aromatic hydroxyl groups is 1. The first-order valence-corrected chi connectivity index (χ1v) is 13.1. The molecule has 4 rings (SSSR count). The molecule has 2 aromatic rings. The molecule has 38 heavy (non-hydrogen) atoms. The van der Waals surface area contributed by atoms with Crippen LogP contribution < -0.4 is 20.7 Å². The number of nitrogens with one attached hydrogen (secondary N) is 3. The lowest BCUT2D eigenvalue weighted by molar-refractivity contribution is -0.142. The number of nitrogens with zero attached hydrogens (tertiary/aromatic N) is 1. The van der Waals surface area contributed by atoms with E-state index in [0.29, 0.717) is 37.1 Å². The Morgan fingerprint density at radius 3 is 2.66 bits per heavy atom. The second kappa shape index (κ2) is 12.1. The van der Waals surface area contributed by atoms with Gasteiger partial charge in [-0.2, -0.15) is 0 Å². The topological polar surface area (TPSA) is 120 Å². The standard InChI is InChI=1S/C29H36N4O5/c1-4-18(2)25-27(35)31-14-12-20-17-21(10-11-23(20)34)38-24-13-15-33(26(24)28(36)32-25)29(37)22(30-3)16-19-8-6-5-7-9-19/h5-12,14,17-18,22,24-26,30,34H,4,13,15-16H2,1-3H3,(H,31,35)(H,32,36)/t18-,22-,24+,25-,26-/m0/s1. The van der Waals surface area contributed by atoms with E-state index in [1.807, 2.05) is 44.2 Å². The average Bonchev–Trinajstić information content (AvgIpc) is 3.34. The normalized spacial score (nSPS) is 23.0. The Morgan fingerprint density at radius 1 is 1.18 bits per heavy atom. The summed E-state index contributed by atoms with van der Waals surface area (Å²) in [5.41, 5.74) is 1.46. The minimum Gasteiger partial charge on any atom is -0.507 e. The molecule has 2 bridgehead atoms. The third kappa shape index (κ3) is 5.99. The van der Waals surface area contributed by atoms with Crippen molar-refractivity contribution in [2.45, 2.75) is 57.3 Å². The molecule has 4 N–H and O–H groups in total. The van der Waals surface area contributed by atoms with Crippen molar-refractivity contribution >= 4 is 23.8 Å². The Balaban J connectivity index is 1.68. The average molecular weight is 521 g/mol. The van der Waals surface area contributed by atoms with Crippen LogP contribution in [0.15, 0.2) is 54.7 Å². The van der Waals surface area contributed by atoms with Crippen LogP contribution in [0.4, 0.5) is 0 Å². The zero-order chi connectivity index (χ0) is 27.2. The number of rotatable bonds is 6.